The first-order valence-corrected chi connectivity index (χ1v) is 6.86. The number of carbonyl (C=O) groups is 2. The van der Waals surface area contributed by atoms with Crippen LogP contribution in [0.3, 0.4) is 0 Å². The van der Waals surface area contributed by atoms with Crippen molar-refractivity contribution in [2.75, 3.05) is 6.54 Å². The lowest BCUT2D eigenvalue weighted by Crippen LogP contribution is -2.42. The minimum absolute atomic E-state index is 0.123. The van der Waals surface area contributed by atoms with E-state index < -0.39 is 29.8 Å². The Morgan fingerprint density at radius 1 is 1.25 bits per heavy atom. The summed E-state index contributed by atoms with van der Waals surface area (Å²) in [7, 11) is 0. The van der Waals surface area contributed by atoms with Gasteiger partial charge in [0.1, 0.15) is 5.60 Å². The van der Waals surface area contributed by atoms with E-state index >= 15 is 0 Å². The zero-order valence-electron chi connectivity index (χ0n) is 12.9. The van der Waals surface area contributed by atoms with Crippen LogP contribution < -0.4 is 5.32 Å². The molecule has 0 saturated heterocycles. The van der Waals surface area contributed by atoms with Crippen LogP contribution in [0.4, 0.5) is 8.78 Å². The van der Waals surface area contributed by atoms with Crippen LogP contribution in [0.25, 0.3) is 0 Å². The first-order chi connectivity index (χ1) is 8.98. The van der Waals surface area contributed by atoms with Crippen LogP contribution >= 0.6 is 0 Å². The molecule has 0 radical (unpaired) electrons. The molecule has 4 nitrogen and oxygen atoms in total. The van der Waals surface area contributed by atoms with Crippen molar-refractivity contribution in [2.45, 2.75) is 65.4 Å². The molecule has 0 aliphatic heterocycles. The van der Waals surface area contributed by atoms with Gasteiger partial charge in [-0.05, 0) is 26.7 Å². The van der Waals surface area contributed by atoms with Crippen LogP contribution in [0.5, 0.6) is 0 Å². The summed E-state index contributed by atoms with van der Waals surface area (Å²) in [5, 5.41) is 2.08. The van der Waals surface area contributed by atoms with E-state index in [1.54, 1.807) is 34.6 Å². The fourth-order valence-electron chi connectivity index (χ4n) is 1.47. The molecule has 0 rings (SSSR count). The largest absolute Gasteiger partial charge is 0.460 e. The molecule has 0 aromatic carbocycles. The average Bonchev–Trinajstić information content (AvgIpc) is 2.25. The lowest BCUT2D eigenvalue weighted by atomic mass is 10.00. The number of amides is 1. The second kappa shape index (κ2) is 7.55. The second-order valence-electron chi connectivity index (χ2n) is 6.01. The number of carbonyl (C=O) groups excluding carboxylic acids is 2. The Balaban J connectivity index is 4.13. The Hall–Kier alpha value is -1.20. The SMILES string of the molecule is CCC(C)CC(F)(F)C(=O)NCCC(=O)OC(C)(C)C. The smallest absolute Gasteiger partial charge is 0.324 e. The van der Waals surface area contributed by atoms with Gasteiger partial charge in [0.15, 0.2) is 0 Å². The van der Waals surface area contributed by atoms with Crippen molar-refractivity contribution in [3.05, 3.63) is 0 Å². The Morgan fingerprint density at radius 2 is 1.80 bits per heavy atom. The maximum atomic E-state index is 13.5. The third kappa shape index (κ3) is 8.07. The Labute approximate surface area is 119 Å². The highest BCUT2D eigenvalue weighted by molar-refractivity contribution is 5.83. The monoisotopic (exact) mass is 293 g/mol. The molecular formula is C14H25F2NO3. The van der Waals surface area contributed by atoms with Gasteiger partial charge in [-0.1, -0.05) is 20.3 Å². The summed E-state index contributed by atoms with van der Waals surface area (Å²) in [6, 6.07) is 0. The van der Waals surface area contributed by atoms with E-state index in [1.165, 1.54) is 0 Å². The van der Waals surface area contributed by atoms with Crippen LogP contribution in [0.15, 0.2) is 0 Å². The van der Waals surface area contributed by atoms with Crippen molar-refractivity contribution in [3.63, 3.8) is 0 Å². The summed E-state index contributed by atoms with van der Waals surface area (Å²) >= 11 is 0. The quantitative estimate of drug-likeness (QED) is 0.734. The van der Waals surface area contributed by atoms with Gasteiger partial charge in [-0.25, -0.2) is 0 Å². The number of hydrogen-bond donors (Lipinski definition) is 1. The molecule has 0 heterocycles. The number of alkyl halides is 2. The van der Waals surface area contributed by atoms with Gasteiger partial charge in [0.2, 0.25) is 0 Å². The number of halogens is 2. The van der Waals surface area contributed by atoms with Gasteiger partial charge in [-0.2, -0.15) is 8.78 Å². The minimum Gasteiger partial charge on any atom is -0.460 e. The average molecular weight is 293 g/mol. The summed E-state index contributed by atoms with van der Waals surface area (Å²) in [4.78, 5) is 22.7. The van der Waals surface area contributed by atoms with Gasteiger partial charge in [-0.15, -0.1) is 0 Å². The zero-order valence-corrected chi connectivity index (χ0v) is 12.9. The van der Waals surface area contributed by atoms with E-state index in [0.717, 1.165) is 0 Å². The highest BCUT2D eigenvalue weighted by atomic mass is 19.3. The molecule has 1 N–H and O–H groups in total. The molecule has 118 valence electrons. The molecular weight excluding hydrogens is 268 g/mol. The fraction of sp³-hybridized carbons (Fsp3) is 0.857. The molecule has 0 aliphatic rings. The van der Waals surface area contributed by atoms with Crippen molar-refractivity contribution >= 4 is 11.9 Å². The van der Waals surface area contributed by atoms with Crippen molar-refractivity contribution in [3.8, 4) is 0 Å². The molecule has 0 spiro atoms. The second-order valence-corrected chi connectivity index (χ2v) is 6.01. The van der Waals surface area contributed by atoms with E-state index in [0.29, 0.717) is 6.42 Å². The van der Waals surface area contributed by atoms with Gasteiger partial charge in [0, 0.05) is 13.0 Å². The van der Waals surface area contributed by atoms with Gasteiger partial charge in [-0.3, -0.25) is 9.59 Å². The third-order valence-electron chi connectivity index (χ3n) is 2.67. The minimum atomic E-state index is -3.40. The van der Waals surface area contributed by atoms with E-state index in [2.05, 4.69) is 5.32 Å². The van der Waals surface area contributed by atoms with E-state index in [-0.39, 0.29) is 18.9 Å². The summed E-state index contributed by atoms with van der Waals surface area (Å²) in [6.45, 7) is 8.45. The van der Waals surface area contributed by atoms with Crippen molar-refractivity contribution in [2.24, 2.45) is 5.92 Å². The maximum Gasteiger partial charge on any atom is 0.324 e. The van der Waals surface area contributed by atoms with Crippen molar-refractivity contribution < 1.29 is 23.1 Å². The number of esters is 1. The Morgan fingerprint density at radius 3 is 2.25 bits per heavy atom. The Kier molecular flexibility index (Phi) is 7.09. The molecule has 0 aromatic rings. The number of nitrogens with one attached hydrogen (secondary N) is 1. The number of hydrogen-bond acceptors (Lipinski definition) is 3. The highest BCUT2D eigenvalue weighted by Crippen LogP contribution is 2.25. The van der Waals surface area contributed by atoms with Crippen LogP contribution in [0.1, 0.15) is 53.9 Å². The normalized spacial score (nSPS) is 13.8. The van der Waals surface area contributed by atoms with Crippen molar-refractivity contribution in [1.29, 1.82) is 0 Å². The first-order valence-electron chi connectivity index (χ1n) is 6.86. The fourth-order valence-corrected chi connectivity index (χ4v) is 1.47. The van der Waals surface area contributed by atoms with Gasteiger partial charge in [0.25, 0.3) is 5.91 Å². The van der Waals surface area contributed by atoms with E-state index in [4.69, 9.17) is 4.74 Å². The standard InChI is InChI=1S/C14H25F2NO3/c1-6-10(2)9-14(15,16)12(19)17-8-7-11(18)20-13(3,4)5/h10H,6-9H2,1-5H3,(H,17,19). The summed E-state index contributed by atoms with van der Waals surface area (Å²) in [5.41, 5.74) is -0.623. The van der Waals surface area contributed by atoms with Crippen LogP contribution in [-0.4, -0.2) is 29.9 Å². The molecule has 1 amide bonds. The maximum absolute atomic E-state index is 13.5. The molecule has 1 unspecified atom stereocenters. The van der Waals surface area contributed by atoms with Crippen molar-refractivity contribution in [1.82, 2.24) is 5.32 Å². The lowest BCUT2D eigenvalue weighted by Gasteiger charge is -2.21. The molecule has 1 atom stereocenters. The molecule has 6 heteroatoms. The molecule has 0 bridgehead atoms. The van der Waals surface area contributed by atoms with Crippen LogP contribution in [0, 0.1) is 5.92 Å². The highest BCUT2D eigenvalue weighted by Gasteiger charge is 2.39. The van der Waals surface area contributed by atoms with Gasteiger partial charge in [0.05, 0.1) is 6.42 Å². The summed E-state index contributed by atoms with van der Waals surface area (Å²) < 4.78 is 32.1. The van der Waals surface area contributed by atoms with E-state index in [1.807, 2.05) is 0 Å². The third-order valence-corrected chi connectivity index (χ3v) is 2.67. The molecule has 0 aromatic heterocycles. The first kappa shape index (κ1) is 18.8. The summed E-state index contributed by atoms with van der Waals surface area (Å²) in [5.74, 6) is -5.49. The molecule has 0 fully saturated rings. The predicted molar refractivity (Wildman–Crippen MR) is 72.5 cm³/mol. The number of rotatable bonds is 7. The topological polar surface area (TPSA) is 55.4 Å². The predicted octanol–water partition coefficient (Wildman–Crippen LogP) is 2.91. The van der Waals surface area contributed by atoms with Gasteiger partial charge < -0.3 is 10.1 Å². The number of ether oxygens (including phenoxy) is 1. The van der Waals surface area contributed by atoms with E-state index in [9.17, 15) is 18.4 Å². The summed E-state index contributed by atoms with van der Waals surface area (Å²) in [6.07, 6.45) is -0.0228. The molecule has 0 saturated carbocycles. The lowest BCUT2D eigenvalue weighted by molar-refractivity contribution is -0.155. The molecule has 0 aliphatic carbocycles. The zero-order chi connectivity index (χ0) is 16.0. The van der Waals surface area contributed by atoms with Crippen LogP contribution in [0.2, 0.25) is 0 Å². The van der Waals surface area contributed by atoms with Crippen LogP contribution in [-0.2, 0) is 14.3 Å². The molecule has 20 heavy (non-hydrogen) atoms. The Bertz CT molecular complexity index is 338. The van der Waals surface area contributed by atoms with Gasteiger partial charge >= 0.3 is 11.9 Å².